The largest absolute Gasteiger partial charge is 0.393 e. The van der Waals surface area contributed by atoms with Crippen molar-refractivity contribution in [1.29, 1.82) is 0 Å². The van der Waals surface area contributed by atoms with E-state index in [9.17, 15) is 5.11 Å². The Bertz CT molecular complexity index is 141. The molecule has 3 unspecified atom stereocenters. The second-order valence-electron chi connectivity index (χ2n) is 4.04. The third-order valence-electron chi connectivity index (χ3n) is 2.78. The zero-order valence-electron chi connectivity index (χ0n) is 8.62. The molecule has 0 aromatic heterocycles. The highest BCUT2D eigenvalue weighted by molar-refractivity contribution is 4.76. The molecule has 2 N–H and O–H groups in total. The quantitative estimate of drug-likeness (QED) is 0.668. The first-order valence-electron chi connectivity index (χ1n) is 5.14. The summed E-state index contributed by atoms with van der Waals surface area (Å²) in [6.45, 7) is 3.98. The highest BCUT2D eigenvalue weighted by Gasteiger charge is 2.22. The van der Waals surface area contributed by atoms with Crippen LogP contribution in [0.1, 0.15) is 26.2 Å². The number of rotatable bonds is 5. The van der Waals surface area contributed by atoms with Crippen molar-refractivity contribution in [3.05, 3.63) is 0 Å². The lowest BCUT2D eigenvalue weighted by Crippen LogP contribution is -2.29. The van der Waals surface area contributed by atoms with Crippen molar-refractivity contribution in [1.82, 2.24) is 5.32 Å². The van der Waals surface area contributed by atoms with E-state index in [1.54, 1.807) is 7.11 Å². The highest BCUT2D eigenvalue weighted by Crippen LogP contribution is 2.24. The standard InChI is InChI=1S/C10H21NO2/c1-8(13-2)6-11-7-9-3-4-10(12)5-9/h8-12H,3-7H2,1-2H3. The summed E-state index contributed by atoms with van der Waals surface area (Å²) < 4.78 is 5.12. The lowest BCUT2D eigenvalue weighted by Gasteiger charge is -2.13. The summed E-state index contributed by atoms with van der Waals surface area (Å²) in [4.78, 5) is 0. The normalized spacial score (nSPS) is 30.7. The Labute approximate surface area is 80.5 Å². The van der Waals surface area contributed by atoms with Crippen LogP contribution in [0.5, 0.6) is 0 Å². The third kappa shape index (κ3) is 4.07. The molecule has 1 aliphatic rings. The van der Waals surface area contributed by atoms with E-state index in [0.717, 1.165) is 32.4 Å². The van der Waals surface area contributed by atoms with Gasteiger partial charge in [-0.05, 0) is 38.6 Å². The Morgan fingerprint density at radius 1 is 1.54 bits per heavy atom. The first-order chi connectivity index (χ1) is 6.22. The first-order valence-corrected chi connectivity index (χ1v) is 5.14. The number of hydrogen-bond acceptors (Lipinski definition) is 3. The second-order valence-corrected chi connectivity index (χ2v) is 4.04. The number of methoxy groups -OCH3 is 1. The van der Waals surface area contributed by atoms with E-state index in [1.165, 1.54) is 0 Å². The maximum atomic E-state index is 9.30. The lowest BCUT2D eigenvalue weighted by atomic mass is 10.1. The van der Waals surface area contributed by atoms with E-state index in [-0.39, 0.29) is 12.2 Å². The number of nitrogens with one attached hydrogen (secondary N) is 1. The van der Waals surface area contributed by atoms with Crippen LogP contribution in [0.25, 0.3) is 0 Å². The Kier molecular flexibility index (Phi) is 4.70. The van der Waals surface area contributed by atoms with Gasteiger partial charge < -0.3 is 15.2 Å². The predicted molar refractivity (Wildman–Crippen MR) is 52.7 cm³/mol. The number of aliphatic hydroxyl groups excluding tert-OH is 1. The monoisotopic (exact) mass is 187 g/mol. The minimum Gasteiger partial charge on any atom is -0.393 e. The fourth-order valence-corrected chi connectivity index (χ4v) is 1.81. The van der Waals surface area contributed by atoms with Crippen molar-refractivity contribution < 1.29 is 9.84 Å². The molecule has 0 aromatic carbocycles. The Hall–Kier alpha value is -0.120. The smallest absolute Gasteiger partial charge is 0.0667 e. The van der Waals surface area contributed by atoms with Gasteiger partial charge in [-0.15, -0.1) is 0 Å². The average molecular weight is 187 g/mol. The topological polar surface area (TPSA) is 41.5 Å². The van der Waals surface area contributed by atoms with E-state index in [1.807, 2.05) is 0 Å². The van der Waals surface area contributed by atoms with Crippen LogP contribution in [0.2, 0.25) is 0 Å². The summed E-state index contributed by atoms with van der Waals surface area (Å²) in [5.41, 5.74) is 0. The van der Waals surface area contributed by atoms with Gasteiger partial charge in [0.2, 0.25) is 0 Å². The molecule has 3 atom stereocenters. The number of hydrogen-bond donors (Lipinski definition) is 2. The van der Waals surface area contributed by atoms with Crippen molar-refractivity contribution in [2.45, 2.75) is 38.4 Å². The van der Waals surface area contributed by atoms with Gasteiger partial charge in [0.25, 0.3) is 0 Å². The minimum absolute atomic E-state index is 0.0494. The van der Waals surface area contributed by atoms with Crippen LogP contribution in [-0.4, -0.2) is 37.5 Å². The predicted octanol–water partition coefficient (Wildman–Crippen LogP) is 0.772. The Morgan fingerprint density at radius 2 is 2.31 bits per heavy atom. The summed E-state index contributed by atoms with van der Waals surface area (Å²) in [5.74, 6) is 0.666. The molecule has 0 saturated heterocycles. The minimum atomic E-state index is -0.0494. The average Bonchev–Trinajstić information content (AvgIpc) is 2.51. The molecule has 3 heteroatoms. The van der Waals surface area contributed by atoms with Gasteiger partial charge in [0.1, 0.15) is 0 Å². The lowest BCUT2D eigenvalue weighted by molar-refractivity contribution is 0.116. The van der Waals surface area contributed by atoms with E-state index in [2.05, 4.69) is 12.2 Å². The van der Waals surface area contributed by atoms with Crippen LogP contribution < -0.4 is 5.32 Å². The fraction of sp³-hybridized carbons (Fsp3) is 1.00. The first kappa shape index (κ1) is 11.0. The molecule has 3 nitrogen and oxygen atoms in total. The Balaban J connectivity index is 2.00. The van der Waals surface area contributed by atoms with Crippen LogP contribution in [0.4, 0.5) is 0 Å². The van der Waals surface area contributed by atoms with Crippen LogP contribution in [-0.2, 0) is 4.74 Å². The van der Waals surface area contributed by atoms with Crippen LogP contribution in [0, 0.1) is 5.92 Å². The summed E-state index contributed by atoms with van der Waals surface area (Å²) in [7, 11) is 1.73. The summed E-state index contributed by atoms with van der Waals surface area (Å²) in [6.07, 6.45) is 3.34. The van der Waals surface area contributed by atoms with Crippen LogP contribution in [0.15, 0.2) is 0 Å². The molecule has 1 rings (SSSR count). The molecule has 0 spiro atoms. The van der Waals surface area contributed by atoms with Gasteiger partial charge in [0.15, 0.2) is 0 Å². The highest BCUT2D eigenvalue weighted by atomic mass is 16.5. The molecule has 0 amide bonds. The van der Waals surface area contributed by atoms with Crippen molar-refractivity contribution in [2.75, 3.05) is 20.2 Å². The molecule has 0 aromatic rings. The van der Waals surface area contributed by atoms with Gasteiger partial charge in [0, 0.05) is 13.7 Å². The van der Waals surface area contributed by atoms with Crippen molar-refractivity contribution in [3.63, 3.8) is 0 Å². The van der Waals surface area contributed by atoms with Crippen molar-refractivity contribution in [3.8, 4) is 0 Å². The van der Waals surface area contributed by atoms with E-state index < -0.39 is 0 Å². The van der Waals surface area contributed by atoms with Gasteiger partial charge in [0.05, 0.1) is 12.2 Å². The molecule has 0 radical (unpaired) electrons. The van der Waals surface area contributed by atoms with E-state index >= 15 is 0 Å². The fourth-order valence-electron chi connectivity index (χ4n) is 1.81. The molecular weight excluding hydrogens is 166 g/mol. The third-order valence-corrected chi connectivity index (χ3v) is 2.78. The number of ether oxygens (including phenoxy) is 1. The van der Waals surface area contributed by atoms with Gasteiger partial charge in [-0.25, -0.2) is 0 Å². The van der Waals surface area contributed by atoms with Gasteiger partial charge in [-0.1, -0.05) is 0 Å². The van der Waals surface area contributed by atoms with E-state index in [0.29, 0.717) is 5.92 Å². The van der Waals surface area contributed by atoms with E-state index in [4.69, 9.17) is 4.74 Å². The van der Waals surface area contributed by atoms with Crippen molar-refractivity contribution >= 4 is 0 Å². The van der Waals surface area contributed by atoms with Crippen LogP contribution >= 0.6 is 0 Å². The summed E-state index contributed by atoms with van der Waals surface area (Å²) in [5, 5.41) is 12.7. The molecule has 0 heterocycles. The molecule has 0 bridgehead atoms. The zero-order valence-corrected chi connectivity index (χ0v) is 8.62. The number of aliphatic hydroxyl groups is 1. The van der Waals surface area contributed by atoms with Crippen molar-refractivity contribution in [2.24, 2.45) is 5.92 Å². The van der Waals surface area contributed by atoms with Gasteiger partial charge in [-0.3, -0.25) is 0 Å². The van der Waals surface area contributed by atoms with Gasteiger partial charge in [-0.2, -0.15) is 0 Å². The molecular formula is C10H21NO2. The molecule has 1 aliphatic carbocycles. The molecule has 1 saturated carbocycles. The molecule has 13 heavy (non-hydrogen) atoms. The van der Waals surface area contributed by atoms with Crippen LogP contribution in [0.3, 0.4) is 0 Å². The molecule has 78 valence electrons. The Morgan fingerprint density at radius 3 is 2.85 bits per heavy atom. The molecule has 1 fully saturated rings. The molecule has 0 aliphatic heterocycles. The van der Waals surface area contributed by atoms with Gasteiger partial charge >= 0.3 is 0 Å². The summed E-state index contributed by atoms with van der Waals surface area (Å²) >= 11 is 0. The summed E-state index contributed by atoms with van der Waals surface area (Å²) in [6, 6.07) is 0. The maximum Gasteiger partial charge on any atom is 0.0667 e. The maximum absolute atomic E-state index is 9.30. The second kappa shape index (κ2) is 5.58. The SMILES string of the molecule is COC(C)CNCC1CCC(O)C1. The zero-order chi connectivity index (χ0) is 9.68.